The van der Waals surface area contributed by atoms with E-state index in [0.29, 0.717) is 5.75 Å². The zero-order valence-corrected chi connectivity index (χ0v) is 11.0. The Morgan fingerprint density at radius 2 is 1.87 bits per heavy atom. The summed E-state index contributed by atoms with van der Waals surface area (Å²) >= 11 is 1.57. The van der Waals surface area contributed by atoms with Crippen LogP contribution >= 0.6 is 0 Å². The Kier molecular flexibility index (Phi) is 2.83. The molecule has 0 radical (unpaired) electrons. The molecule has 1 nitrogen and oxygen atoms in total. The summed E-state index contributed by atoms with van der Waals surface area (Å²) in [5, 5.41) is 9.79. The molecule has 1 N–H and O–H groups in total. The molecule has 2 rings (SSSR count). The predicted octanol–water partition coefficient (Wildman–Crippen LogP) is 1.63. The van der Waals surface area contributed by atoms with Crippen molar-refractivity contribution in [2.75, 3.05) is 0 Å². The van der Waals surface area contributed by atoms with Crippen LogP contribution in [-0.2, 0) is 0 Å². The topological polar surface area (TPSA) is 20.2 Å². The standard InChI is InChI=1S/C13H13AsO/c1-9-3-2-4-10(7-9)12-8-11(14)5-6-13(12)15/h2-8,15H,14H2,1H3. The molecule has 1 unspecified atom stereocenters. The molecule has 15 heavy (non-hydrogen) atoms. The Balaban J connectivity index is 2.58. The minimum absolute atomic E-state index is 0.349. The Bertz CT molecular complexity index is 492. The number of aromatic hydroxyl groups is 1. The van der Waals surface area contributed by atoms with E-state index in [0.717, 1.165) is 11.1 Å². The number of benzene rings is 2. The van der Waals surface area contributed by atoms with Crippen molar-refractivity contribution in [1.29, 1.82) is 0 Å². The van der Waals surface area contributed by atoms with Crippen molar-refractivity contribution in [3.8, 4) is 16.9 Å². The monoisotopic (exact) mass is 260 g/mol. The summed E-state index contributed by atoms with van der Waals surface area (Å²) < 4.78 is 1.22. The molecule has 1 atom stereocenters. The molecule has 0 fully saturated rings. The van der Waals surface area contributed by atoms with Gasteiger partial charge in [0.05, 0.1) is 0 Å². The normalized spacial score (nSPS) is 10.3. The second kappa shape index (κ2) is 4.12. The number of rotatable bonds is 1. The van der Waals surface area contributed by atoms with Gasteiger partial charge in [0.25, 0.3) is 0 Å². The van der Waals surface area contributed by atoms with Crippen molar-refractivity contribution < 1.29 is 5.11 Å². The van der Waals surface area contributed by atoms with Crippen LogP contribution in [0.25, 0.3) is 11.1 Å². The number of aryl methyl sites for hydroxylation is 1. The van der Waals surface area contributed by atoms with E-state index in [9.17, 15) is 5.11 Å². The molecule has 0 aliphatic heterocycles. The van der Waals surface area contributed by atoms with Gasteiger partial charge in [-0.3, -0.25) is 0 Å². The van der Waals surface area contributed by atoms with Crippen LogP contribution in [-0.4, -0.2) is 22.0 Å². The van der Waals surface area contributed by atoms with Crippen LogP contribution in [0.5, 0.6) is 5.75 Å². The van der Waals surface area contributed by atoms with Crippen molar-refractivity contribution in [2.24, 2.45) is 0 Å². The number of phenolic OH excluding ortho intramolecular Hbond substituents is 1. The van der Waals surface area contributed by atoms with Gasteiger partial charge in [-0.25, -0.2) is 0 Å². The molecule has 0 saturated carbocycles. The number of phenols is 1. The van der Waals surface area contributed by atoms with Crippen molar-refractivity contribution in [2.45, 2.75) is 6.92 Å². The molecule has 2 heteroatoms. The van der Waals surface area contributed by atoms with Crippen LogP contribution in [0.2, 0.25) is 0 Å². The van der Waals surface area contributed by atoms with Gasteiger partial charge >= 0.3 is 98.1 Å². The fraction of sp³-hybridized carbons (Fsp3) is 0.0769. The zero-order chi connectivity index (χ0) is 10.8. The minimum atomic E-state index is 0.349. The van der Waals surface area contributed by atoms with Gasteiger partial charge in [0.1, 0.15) is 0 Å². The van der Waals surface area contributed by atoms with Crippen LogP contribution in [0.4, 0.5) is 0 Å². The van der Waals surface area contributed by atoms with E-state index in [1.54, 1.807) is 22.9 Å². The first-order chi connectivity index (χ1) is 7.16. The van der Waals surface area contributed by atoms with Crippen LogP contribution < -0.4 is 4.35 Å². The number of hydrogen-bond acceptors (Lipinski definition) is 1. The summed E-state index contributed by atoms with van der Waals surface area (Å²) in [4.78, 5) is 0. The predicted molar refractivity (Wildman–Crippen MR) is 66.5 cm³/mol. The van der Waals surface area contributed by atoms with Gasteiger partial charge in [-0.05, 0) is 0 Å². The molecular formula is C13H13AsO. The van der Waals surface area contributed by atoms with Gasteiger partial charge in [-0.2, -0.15) is 0 Å². The van der Waals surface area contributed by atoms with Crippen molar-refractivity contribution in [1.82, 2.24) is 0 Å². The Morgan fingerprint density at radius 3 is 2.60 bits per heavy atom. The summed E-state index contributed by atoms with van der Waals surface area (Å²) in [6.07, 6.45) is 0. The van der Waals surface area contributed by atoms with Crippen LogP contribution in [0, 0.1) is 6.92 Å². The van der Waals surface area contributed by atoms with E-state index in [1.165, 1.54) is 9.91 Å². The quantitative estimate of drug-likeness (QED) is 0.773. The molecule has 2 aromatic carbocycles. The van der Waals surface area contributed by atoms with Crippen LogP contribution in [0.1, 0.15) is 5.56 Å². The second-order valence-corrected chi connectivity index (χ2v) is 5.04. The molecule has 76 valence electrons. The molecule has 0 amide bonds. The maximum atomic E-state index is 9.79. The third-order valence-electron chi connectivity index (χ3n) is 2.35. The average Bonchev–Trinajstić information content (AvgIpc) is 2.22. The Hall–Kier alpha value is -1.20. The molecule has 0 bridgehead atoms. The Labute approximate surface area is 98.3 Å². The number of hydrogen-bond donors (Lipinski definition) is 1. The summed E-state index contributed by atoms with van der Waals surface area (Å²) in [5.41, 5.74) is 3.20. The molecule has 0 saturated heterocycles. The molecule has 2 aromatic rings. The van der Waals surface area contributed by atoms with Crippen molar-refractivity contribution in [3.63, 3.8) is 0 Å². The van der Waals surface area contributed by atoms with Gasteiger partial charge < -0.3 is 0 Å². The summed E-state index contributed by atoms with van der Waals surface area (Å²) in [6, 6.07) is 13.9. The van der Waals surface area contributed by atoms with Gasteiger partial charge in [0.2, 0.25) is 0 Å². The summed E-state index contributed by atoms with van der Waals surface area (Å²) in [7, 11) is 0. The van der Waals surface area contributed by atoms with Gasteiger partial charge in [-0.1, -0.05) is 0 Å². The van der Waals surface area contributed by atoms with Crippen LogP contribution in [0.15, 0.2) is 42.5 Å². The fourth-order valence-electron chi connectivity index (χ4n) is 1.60. The van der Waals surface area contributed by atoms with Crippen molar-refractivity contribution >= 4 is 21.2 Å². The maximum absolute atomic E-state index is 9.79. The molecule has 0 aromatic heterocycles. The van der Waals surface area contributed by atoms with E-state index in [1.807, 2.05) is 24.3 Å². The molecule has 0 aliphatic carbocycles. The van der Waals surface area contributed by atoms with Crippen LogP contribution in [0.3, 0.4) is 0 Å². The van der Waals surface area contributed by atoms with E-state index >= 15 is 0 Å². The average molecular weight is 260 g/mol. The third kappa shape index (κ3) is 2.24. The zero-order valence-electron chi connectivity index (χ0n) is 8.57. The summed E-state index contributed by atoms with van der Waals surface area (Å²) in [5.74, 6) is 0.349. The first kappa shape index (κ1) is 10.3. The first-order valence-electron chi connectivity index (χ1n) is 4.82. The Morgan fingerprint density at radius 1 is 1.07 bits per heavy atom. The molecule has 0 spiro atoms. The van der Waals surface area contributed by atoms with E-state index in [2.05, 4.69) is 19.1 Å². The third-order valence-corrected chi connectivity index (χ3v) is 3.10. The van der Waals surface area contributed by atoms with Gasteiger partial charge in [-0.15, -0.1) is 0 Å². The molecule has 0 aliphatic rings. The second-order valence-electron chi connectivity index (χ2n) is 3.65. The van der Waals surface area contributed by atoms with E-state index in [-0.39, 0.29) is 0 Å². The van der Waals surface area contributed by atoms with E-state index in [4.69, 9.17) is 0 Å². The van der Waals surface area contributed by atoms with E-state index < -0.39 is 0 Å². The first-order valence-corrected chi connectivity index (χ1v) is 6.03. The summed E-state index contributed by atoms with van der Waals surface area (Å²) in [6.45, 7) is 2.06. The van der Waals surface area contributed by atoms with Gasteiger partial charge in [0, 0.05) is 0 Å². The van der Waals surface area contributed by atoms with Crippen molar-refractivity contribution in [3.05, 3.63) is 48.0 Å². The molecular weight excluding hydrogens is 247 g/mol. The van der Waals surface area contributed by atoms with Gasteiger partial charge in [0.15, 0.2) is 0 Å². The fourth-order valence-corrected chi connectivity index (χ4v) is 2.15. The SMILES string of the molecule is Cc1cccc(-c2cc([AsH2])ccc2O)c1. The molecule has 0 heterocycles.